The van der Waals surface area contributed by atoms with Crippen molar-refractivity contribution in [3.63, 3.8) is 0 Å². The summed E-state index contributed by atoms with van der Waals surface area (Å²) in [5.41, 5.74) is 1.81. The Bertz CT molecular complexity index is 613. The summed E-state index contributed by atoms with van der Waals surface area (Å²) in [6.45, 7) is 0. The van der Waals surface area contributed by atoms with Gasteiger partial charge in [0.25, 0.3) is 0 Å². The van der Waals surface area contributed by atoms with Gasteiger partial charge in [-0.3, -0.25) is 0 Å². The monoisotopic (exact) mass is 342 g/mol. The molecular weight excluding hydrogens is 334 g/mol. The van der Waals surface area contributed by atoms with Gasteiger partial charge < -0.3 is 0 Å². The summed E-state index contributed by atoms with van der Waals surface area (Å²) in [5.74, 6) is 0. The Balaban J connectivity index is 2.11. The molecule has 0 atom stereocenters. The molecule has 0 aliphatic heterocycles. The molecule has 0 fully saturated rings. The summed E-state index contributed by atoms with van der Waals surface area (Å²) in [7, 11) is 0. The molecule has 0 nitrogen and oxygen atoms in total. The minimum Gasteiger partial charge on any atom is -0.0843 e. The van der Waals surface area contributed by atoms with Gasteiger partial charge in [-0.05, 0) is 35.4 Å². The standard InChI is InChI=1S/C16H10Cl4/c17-13-7-5-11(15(19)9-13)3-1-2-4-12-6-8-14(18)10-16(12)20/h1-10H. The van der Waals surface area contributed by atoms with E-state index in [1.54, 1.807) is 24.3 Å². The van der Waals surface area contributed by atoms with Gasteiger partial charge in [-0.1, -0.05) is 82.8 Å². The van der Waals surface area contributed by atoms with Crippen LogP contribution in [0.3, 0.4) is 0 Å². The lowest BCUT2D eigenvalue weighted by molar-refractivity contribution is 1.65. The van der Waals surface area contributed by atoms with Crippen molar-refractivity contribution in [3.05, 3.63) is 79.8 Å². The third-order valence-corrected chi connectivity index (χ3v) is 3.71. The molecule has 20 heavy (non-hydrogen) atoms. The molecule has 0 N–H and O–H groups in total. The lowest BCUT2D eigenvalue weighted by Gasteiger charge is -1.98. The van der Waals surface area contributed by atoms with Crippen LogP contribution in [0.4, 0.5) is 0 Å². The van der Waals surface area contributed by atoms with E-state index in [-0.39, 0.29) is 0 Å². The van der Waals surface area contributed by atoms with Gasteiger partial charge in [-0.25, -0.2) is 0 Å². The second kappa shape index (κ2) is 7.19. The molecule has 2 aromatic rings. The van der Waals surface area contributed by atoms with Crippen molar-refractivity contribution in [2.24, 2.45) is 0 Å². The molecule has 102 valence electrons. The minimum absolute atomic E-state index is 0.617. The molecule has 2 rings (SSSR count). The Morgan fingerprint density at radius 3 is 1.35 bits per heavy atom. The van der Waals surface area contributed by atoms with Crippen LogP contribution >= 0.6 is 46.4 Å². The van der Waals surface area contributed by atoms with Crippen LogP contribution in [0.5, 0.6) is 0 Å². The molecule has 0 saturated carbocycles. The first-order valence-electron chi connectivity index (χ1n) is 5.81. The topological polar surface area (TPSA) is 0 Å². The first-order chi connectivity index (χ1) is 9.56. The third kappa shape index (κ3) is 4.29. The van der Waals surface area contributed by atoms with Crippen LogP contribution in [0.1, 0.15) is 11.1 Å². The highest BCUT2D eigenvalue weighted by molar-refractivity contribution is 6.36. The molecule has 4 heteroatoms. The van der Waals surface area contributed by atoms with Gasteiger partial charge in [0, 0.05) is 20.1 Å². The van der Waals surface area contributed by atoms with Crippen LogP contribution in [0.15, 0.2) is 48.6 Å². The average Bonchev–Trinajstić information content (AvgIpc) is 2.39. The first kappa shape index (κ1) is 15.5. The van der Waals surface area contributed by atoms with E-state index in [0.717, 1.165) is 11.1 Å². The maximum absolute atomic E-state index is 6.07. The summed E-state index contributed by atoms with van der Waals surface area (Å²) in [4.78, 5) is 0. The molecule has 0 aromatic heterocycles. The molecule has 0 spiro atoms. The molecule has 0 saturated heterocycles. The number of benzene rings is 2. The summed E-state index contributed by atoms with van der Waals surface area (Å²) in [5, 5.41) is 2.48. The highest BCUT2D eigenvalue weighted by Crippen LogP contribution is 2.23. The zero-order chi connectivity index (χ0) is 14.5. The molecule has 0 bridgehead atoms. The van der Waals surface area contributed by atoms with Crippen molar-refractivity contribution >= 4 is 58.6 Å². The molecular formula is C16H10Cl4. The molecule has 0 radical (unpaired) electrons. The van der Waals surface area contributed by atoms with Crippen LogP contribution in [0, 0.1) is 0 Å². The number of allylic oxidation sites excluding steroid dienone is 2. The van der Waals surface area contributed by atoms with Gasteiger partial charge in [0.1, 0.15) is 0 Å². The van der Waals surface area contributed by atoms with Gasteiger partial charge >= 0.3 is 0 Å². The second-order valence-electron chi connectivity index (χ2n) is 4.05. The van der Waals surface area contributed by atoms with Crippen LogP contribution in [-0.4, -0.2) is 0 Å². The lowest BCUT2D eigenvalue weighted by Crippen LogP contribution is -1.75. The Morgan fingerprint density at radius 2 is 1.00 bits per heavy atom. The predicted octanol–water partition coefficient (Wildman–Crippen LogP) is 7.03. The van der Waals surface area contributed by atoms with Gasteiger partial charge in [0.05, 0.1) is 0 Å². The van der Waals surface area contributed by atoms with Gasteiger partial charge in [-0.2, -0.15) is 0 Å². The molecule has 2 aromatic carbocycles. The summed E-state index contributed by atoms with van der Waals surface area (Å²) in [6, 6.07) is 10.7. The largest absolute Gasteiger partial charge is 0.0843 e. The van der Waals surface area contributed by atoms with E-state index in [1.807, 2.05) is 36.4 Å². The number of halogens is 4. The summed E-state index contributed by atoms with van der Waals surface area (Å²) >= 11 is 23.8. The maximum Gasteiger partial charge on any atom is 0.0493 e. The van der Waals surface area contributed by atoms with E-state index in [2.05, 4.69) is 0 Å². The summed E-state index contributed by atoms with van der Waals surface area (Å²) < 4.78 is 0. The fourth-order valence-electron chi connectivity index (χ4n) is 1.59. The van der Waals surface area contributed by atoms with Gasteiger partial charge in [0.2, 0.25) is 0 Å². The number of rotatable bonds is 3. The molecule has 0 heterocycles. The van der Waals surface area contributed by atoms with Crippen LogP contribution < -0.4 is 0 Å². The molecule has 0 amide bonds. The van der Waals surface area contributed by atoms with Crippen molar-refractivity contribution in [1.29, 1.82) is 0 Å². The normalized spacial score (nSPS) is 11.6. The molecule has 0 aliphatic rings. The summed E-state index contributed by atoms with van der Waals surface area (Å²) in [6.07, 6.45) is 7.58. The van der Waals surface area contributed by atoms with Crippen LogP contribution in [0.2, 0.25) is 20.1 Å². The Kier molecular flexibility index (Phi) is 5.56. The van der Waals surface area contributed by atoms with Crippen molar-refractivity contribution in [1.82, 2.24) is 0 Å². The van der Waals surface area contributed by atoms with Crippen molar-refractivity contribution in [2.75, 3.05) is 0 Å². The number of hydrogen-bond acceptors (Lipinski definition) is 0. The fraction of sp³-hybridized carbons (Fsp3) is 0. The van der Waals surface area contributed by atoms with E-state index < -0.39 is 0 Å². The van der Waals surface area contributed by atoms with Crippen LogP contribution in [-0.2, 0) is 0 Å². The van der Waals surface area contributed by atoms with Crippen molar-refractivity contribution in [2.45, 2.75) is 0 Å². The van der Waals surface area contributed by atoms with E-state index in [9.17, 15) is 0 Å². The van der Waals surface area contributed by atoms with E-state index in [0.29, 0.717) is 20.1 Å². The van der Waals surface area contributed by atoms with Gasteiger partial charge in [0.15, 0.2) is 0 Å². The predicted molar refractivity (Wildman–Crippen MR) is 91.0 cm³/mol. The zero-order valence-corrected chi connectivity index (χ0v) is 13.3. The minimum atomic E-state index is 0.617. The van der Waals surface area contributed by atoms with E-state index in [4.69, 9.17) is 46.4 Å². The fourth-order valence-corrected chi connectivity index (χ4v) is 2.53. The van der Waals surface area contributed by atoms with Gasteiger partial charge in [-0.15, -0.1) is 0 Å². The Morgan fingerprint density at radius 1 is 0.600 bits per heavy atom. The first-order valence-corrected chi connectivity index (χ1v) is 7.32. The maximum atomic E-state index is 6.07. The highest BCUT2D eigenvalue weighted by Gasteiger charge is 1.97. The SMILES string of the molecule is Clc1ccc(C=CC=Cc2ccc(Cl)cc2Cl)c(Cl)c1. The highest BCUT2D eigenvalue weighted by atomic mass is 35.5. The second-order valence-corrected chi connectivity index (χ2v) is 5.74. The Hall–Kier alpha value is -0.920. The van der Waals surface area contributed by atoms with E-state index >= 15 is 0 Å². The van der Waals surface area contributed by atoms with E-state index in [1.165, 1.54) is 0 Å². The van der Waals surface area contributed by atoms with Crippen LogP contribution in [0.25, 0.3) is 12.2 Å². The smallest absolute Gasteiger partial charge is 0.0493 e. The van der Waals surface area contributed by atoms with Crippen molar-refractivity contribution in [3.8, 4) is 0 Å². The Labute approximate surface area is 138 Å². The lowest BCUT2D eigenvalue weighted by atomic mass is 10.2. The van der Waals surface area contributed by atoms with Crippen molar-refractivity contribution < 1.29 is 0 Å². The average molecular weight is 344 g/mol. The zero-order valence-electron chi connectivity index (χ0n) is 10.3. The quantitative estimate of drug-likeness (QED) is 0.525. The molecule has 0 unspecified atom stereocenters. The third-order valence-electron chi connectivity index (χ3n) is 2.59. The molecule has 0 aliphatic carbocycles. The number of hydrogen-bond donors (Lipinski definition) is 0.